The lowest BCUT2D eigenvalue weighted by atomic mass is 10.4. The smallest absolute Gasteiger partial charge is 0.287 e. The monoisotopic (exact) mass is 276 g/mol. The zero-order valence-corrected chi connectivity index (χ0v) is 11.3. The largest absolute Gasteiger partial charge is 0.459 e. The molecule has 2 N–H and O–H groups in total. The van der Waals surface area contributed by atoms with Crippen molar-refractivity contribution in [2.45, 2.75) is 19.9 Å². The molecule has 0 saturated heterocycles. The quantitative estimate of drug-likeness (QED) is 0.864. The van der Waals surface area contributed by atoms with Crippen molar-refractivity contribution in [1.29, 1.82) is 0 Å². The fourth-order valence-corrected chi connectivity index (χ4v) is 1.67. The van der Waals surface area contributed by atoms with E-state index >= 15 is 0 Å². The molecule has 0 aliphatic heterocycles. The van der Waals surface area contributed by atoms with Gasteiger partial charge < -0.3 is 15.1 Å². The Morgan fingerprint density at radius 2 is 2.20 bits per heavy atom. The highest BCUT2D eigenvalue weighted by Crippen LogP contribution is 2.12. The normalized spacial score (nSPS) is 10.6. The molecule has 0 spiro atoms. The molecule has 0 saturated carbocycles. The average molecular weight is 276 g/mol. The lowest BCUT2D eigenvalue weighted by Gasteiger charge is -2.11. The van der Waals surface area contributed by atoms with E-state index in [0.29, 0.717) is 5.82 Å². The van der Waals surface area contributed by atoms with Gasteiger partial charge in [0.2, 0.25) is 5.91 Å². The van der Waals surface area contributed by atoms with E-state index < -0.39 is 5.91 Å². The molecule has 0 aliphatic carbocycles. The van der Waals surface area contributed by atoms with Crippen LogP contribution in [0.25, 0.3) is 0 Å². The van der Waals surface area contributed by atoms with Gasteiger partial charge in [-0.1, -0.05) is 0 Å². The second-order valence-electron chi connectivity index (χ2n) is 4.46. The number of hydrogen-bond acceptors (Lipinski definition) is 4. The predicted molar refractivity (Wildman–Crippen MR) is 72.3 cm³/mol. The third-order valence-electron chi connectivity index (χ3n) is 2.58. The second kappa shape index (κ2) is 6.05. The van der Waals surface area contributed by atoms with E-state index in [9.17, 15) is 9.59 Å². The Kier molecular flexibility index (Phi) is 4.19. The van der Waals surface area contributed by atoms with Gasteiger partial charge in [0.05, 0.1) is 19.0 Å². The zero-order chi connectivity index (χ0) is 14.5. The number of nitrogens with one attached hydrogen (secondary N) is 2. The summed E-state index contributed by atoms with van der Waals surface area (Å²) in [4.78, 5) is 23.3. The Labute approximate surface area is 116 Å². The molecule has 0 aliphatic rings. The van der Waals surface area contributed by atoms with Gasteiger partial charge in [-0.05, 0) is 26.0 Å². The highest BCUT2D eigenvalue weighted by Gasteiger charge is 2.12. The second-order valence-corrected chi connectivity index (χ2v) is 4.46. The highest BCUT2D eigenvalue weighted by molar-refractivity contribution is 5.97. The summed E-state index contributed by atoms with van der Waals surface area (Å²) in [7, 11) is 0. The van der Waals surface area contributed by atoms with Crippen molar-refractivity contribution in [2.75, 3.05) is 11.9 Å². The Balaban J connectivity index is 1.87. The first-order valence-corrected chi connectivity index (χ1v) is 6.23. The van der Waals surface area contributed by atoms with Crippen LogP contribution in [0.2, 0.25) is 0 Å². The van der Waals surface area contributed by atoms with Gasteiger partial charge >= 0.3 is 0 Å². The Hall–Kier alpha value is -2.57. The van der Waals surface area contributed by atoms with Crippen LogP contribution >= 0.6 is 0 Å². The van der Waals surface area contributed by atoms with Crippen LogP contribution in [-0.2, 0) is 4.79 Å². The van der Waals surface area contributed by atoms with Crippen LogP contribution in [0.3, 0.4) is 0 Å². The van der Waals surface area contributed by atoms with Gasteiger partial charge in [0.25, 0.3) is 5.91 Å². The van der Waals surface area contributed by atoms with Gasteiger partial charge in [0.1, 0.15) is 5.82 Å². The summed E-state index contributed by atoms with van der Waals surface area (Å²) in [6, 6.07) is 4.97. The van der Waals surface area contributed by atoms with E-state index in [1.54, 1.807) is 23.0 Å². The van der Waals surface area contributed by atoms with Crippen LogP contribution in [0.15, 0.2) is 35.1 Å². The molecular formula is C13H16N4O3. The van der Waals surface area contributed by atoms with Crippen molar-refractivity contribution in [1.82, 2.24) is 15.1 Å². The van der Waals surface area contributed by atoms with Gasteiger partial charge in [-0.3, -0.25) is 9.59 Å². The molecule has 0 aromatic carbocycles. The van der Waals surface area contributed by atoms with Crippen molar-refractivity contribution in [3.8, 4) is 0 Å². The number of carbonyl (C=O) groups is 2. The molecule has 0 unspecified atom stereocenters. The van der Waals surface area contributed by atoms with Crippen molar-refractivity contribution in [3.63, 3.8) is 0 Å². The standard InChI is InChI=1S/C13H16N4O3/c1-9(2)17-11(5-6-15-17)16-12(18)8-14-13(19)10-4-3-7-20-10/h3-7,9H,8H2,1-2H3,(H,14,19)(H,16,18). The summed E-state index contributed by atoms with van der Waals surface area (Å²) in [6.45, 7) is 3.78. The Bertz CT molecular complexity index is 587. The van der Waals surface area contributed by atoms with Crippen LogP contribution in [0, 0.1) is 0 Å². The maximum atomic E-state index is 11.8. The molecule has 20 heavy (non-hydrogen) atoms. The highest BCUT2D eigenvalue weighted by atomic mass is 16.3. The third kappa shape index (κ3) is 3.25. The molecule has 2 heterocycles. The number of hydrogen-bond donors (Lipinski definition) is 2. The minimum absolute atomic E-state index is 0.136. The van der Waals surface area contributed by atoms with E-state index in [1.807, 2.05) is 13.8 Å². The van der Waals surface area contributed by atoms with E-state index in [2.05, 4.69) is 15.7 Å². The maximum absolute atomic E-state index is 11.8. The molecule has 2 amide bonds. The number of rotatable bonds is 5. The summed E-state index contributed by atoms with van der Waals surface area (Å²) in [5, 5.41) is 9.26. The van der Waals surface area contributed by atoms with Crippen LogP contribution in [0.4, 0.5) is 5.82 Å². The zero-order valence-electron chi connectivity index (χ0n) is 11.3. The molecule has 7 nitrogen and oxygen atoms in total. The number of aromatic nitrogens is 2. The number of carbonyl (C=O) groups excluding carboxylic acids is 2. The van der Waals surface area contributed by atoms with Crippen molar-refractivity contribution >= 4 is 17.6 Å². The lowest BCUT2D eigenvalue weighted by Crippen LogP contribution is -2.33. The van der Waals surface area contributed by atoms with Gasteiger partial charge in [0.15, 0.2) is 5.76 Å². The van der Waals surface area contributed by atoms with Crippen molar-refractivity contribution in [3.05, 3.63) is 36.4 Å². The molecule has 0 atom stereocenters. The van der Waals surface area contributed by atoms with Crippen LogP contribution < -0.4 is 10.6 Å². The molecule has 0 bridgehead atoms. The van der Waals surface area contributed by atoms with E-state index in [4.69, 9.17) is 4.42 Å². The van der Waals surface area contributed by atoms with Crippen molar-refractivity contribution < 1.29 is 14.0 Å². The maximum Gasteiger partial charge on any atom is 0.287 e. The van der Waals surface area contributed by atoms with Gasteiger partial charge in [-0.15, -0.1) is 0 Å². The number of anilines is 1. The summed E-state index contributed by atoms with van der Waals surface area (Å²) in [5.41, 5.74) is 0. The topological polar surface area (TPSA) is 89.2 Å². The van der Waals surface area contributed by atoms with E-state index in [-0.39, 0.29) is 24.3 Å². The first-order chi connectivity index (χ1) is 9.58. The molecule has 7 heteroatoms. The summed E-state index contributed by atoms with van der Waals surface area (Å²) >= 11 is 0. The average Bonchev–Trinajstić information content (AvgIpc) is 3.06. The first-order valence-electron chi connectivity index (χ1n) is 6.23. The molecule has 2 rings (SSSR count). The Morgan fingerprint density at radius 1 is 1.40 bits per heavy atom. The number of nitrogens with zero attached hydrogens (tertiary/aromatic N) is 2. The third-order valence-corrected chi connectivity index (χ3v) is 2.58. The fraction of sp³-hybridized carbons (Fsp3) is 0.308. The molecule has 2 aromatic rings. The van der Waals surface area contributed by atoms with Crippen LogP contribution in [0.5, 0.6) is 0 Å². The predicted octanol–water partition coefficient (Wildman–Crippen LogP) is 1.43. The summed E-state index contributed by atoms with van der Waals surface area (Å²) in [5.74, 6) is 0.0112. The Morgan fingerprint density at radius 3 is 2.85 bits per heavy atom. The van der Waals surface area contributed by atoms with Crippen molar-refractivity contribution in [2.24, 2.45) is 0 Å². The van der Waals surface area contributed by atoms with E-state index in [1.165, 1.54) is 12.3 Å². The summed E-state index contributed by atoms with van der Waals surface area (Å²) < 4.78 is 6.61. The molecule has 0 fully saturated rings. The first kappa shape index (κ1) is 13.9. The molecule has 106 valence electrons. The van der Waals surface area contributed by atoms with Gasteiger partial charge in [-0.25, -0.2) is 4.68 Å². The van der Waals surface area contributed by atoms with Crippen LogP contribution in [0.1, 0.15) is 30.4 Å². The minimum atomic E-state index is -0.428. The fourth-order valence-electron chi connectivity index (χ4n) is 1.67. The van der Waals surface area contributed by atoms with Gasteiger partial charge in [0, 0.05) is 12.1 Å². The molecular weight excluding hydrogens is 260 g/mol. The molecule has 2 aromatic heterocycles. The minimum Gasteiger partial charge on any atom is -0.459 e. The SMILES string of the molecule is CC(C)n1nccc1NC(=O)CNC(=O)c1ccco1. The number of amides is 2. The van der Waals surface area contributed by atoms with E-state index in [0.717, 1.165) is 0 Å². The molecule has 0 radical (unpaired) electrons. The van der Waals surface area contributed by atoms with Gasteiger partial charge in [-0.2, -0.15) is 5.10 Å². The number of furan rings is 1. The van der Waals surface area contributed by atoms with Crippen LogP contribution in [-0.4, -0.2) is 28.1 Å². The summed E-state index contributed by atoms with van der Waals surface area (Å²) in [6.07, 6.45) is 3.01. The lowest BCUT2D eigenvalue weighted by molar-refractivity contribution is -0.115.